The number of fused-ring (bicyclic) bond motifs is 15. The van der Waals surface area contributed by atoms with Crippen molar-refractivity contribution in [2.24, 2.45) is 0 Å². The molecule has 4 heteroatoms. The highest BCUT2D eigenvalue weighted by Gasteiger charge is 2.38. The highest BCUT2D eigenvalue weighted by atomic mass is 16.3. The molecule has 2 aliphatic rings. The zero-order chi connectivity index (χ0) is 54.6. The van der Waals surface area contributed by atoms with E-state index in [1.165, 1.54) is 111 Å². The van der Waals surface area contributed by atoms with E-state index >= 15 is 0 Å². The SMILES string of the molecule is CC1(C)c2cc(N(c3ccc(-c4ccc5c(c4)C(C)(C)c4cc6c(cc4-5)c4ccccc4n6-c4ccccc4)cc3)c3ccc(-c4cccc5c4oc4ccccc45)cc3)ccc2-c2ccc(-n3c4ccccc4c4ccccc43)cc21. The van der Waals surface area contributed by atoms with E-state index in [0.29, 0.717) is 0 Å². The summed E-state index contributed by atoms with van der Waals surface area (Å²) < 4.78 is 11.4. The lowest BCUT2D eigenvalue weighted by molar-refractivity contribution is 0.660. The van der Waals surface area contributed by atoms with Gasteiger partial charge >= 0.3 is 0 Å². The van der Waals surface area contributed by atoms with Crippen LogP contribution < -0.4 is 4.90 Å². The Morgan fingerprint density at radius 3 is 1.46 bits per heavy atom. The number of aromatic nitrogens is 2. The number of hydrogen-bond acceptors (Lipinski definition) is 2. The van der Waals surface area contributed by atoms with Crippen molar-refractivity contribution in [1.82, 2.24) is 9.13 Å². The molecule has 82 heavy (non-hydrogen) atoms. The maximum Gasteiger partial charge on any atom is 0.143 e. The van der Waals surface area contributed by atoms with E-state index in [1.54, 1.807) is 0 Å². The molecule has 4 nitrogen and oxygen atoms in total. The first-order valence-electron chi connectivity index (χ1n) is 28.6. The Hall–Kier alpha value is -10.2. The van der Waals surface area contributed by atoms with Gasteiger partial charge in [-0.05, 0) is 164 Å². The van der Waals surface area contributed by atoms with Crippen LogP contribution in [0.1, 0.15) is 49.9 Å². The molecule has 388 valence electrons. The van der Waals surface area contributed by atoms with Gasteiger partial charge in [0.1, 0.15) is 11.2 Å². The van der Waals surface area contributed by atoms with Crippen LogP contribution in [0.15, 0.2) is 265 Å². The van der Waals surface area contributed by atoms with Gasteiger partial charge in [0, 0.05) is 77.1 Å². The zero-order valence-electron chi connectivity index (χ0n) is 46.1. The van der Waals surface area contributed by atoms with Crippen LogP contribution in [-0.4, -0.2) is 9.13 Å². The summed E-state index contributed by atoms with van der Waals surface area (Å²) in [6.45, 7) is 9.58. The minimum absolute atomic E-state index is 0.209. The molecule has 0 fully saturated rings. The minimum atomic E-state index is -0.271. The number of benzene rings is 12. The average molecular weight is 1050 g/mol. The lowest BCUT2D eigenvalue weighted by Gasteiger charge is -2.28. The first-order valence-corrected chi connectivity index (χ1v) is 28.6. The summed E-state index contributed by atoms with van der Waals surface area (Å²) in [4.78, 5) is 2.43. The number of hydrogen-bond donors (Lipinski definition) is 0. The van der Waals surface area contributed by atoms with E-state index in [4.69, 9.17) is 4.42 Å². The molecule has 12 aromatic carbocycles. The summed E-state index contributed by atoms with van der Waals surface area (Å²) in [5, 5.41) is 7.36. The fraction of sp³-hybridized carbons (Fsp3) is 0.0769. The summed E-state index contributed by atoms with van der Waals surface area (Å²) in [7, 11) is 0. The number of nitrogens with zero attached hydrogens (tertiary/aromatic N) is 3. The summed E-state index contributed by atoms with van der Waals surface area (Å²) in [6.07, 6.45) is 0. The predicted octanol–water partition coefficient (Wildman–Crippen LogP) is 21.2. The minimum Gasteiger partial charge on any atom is -0.455 e. The molecule has 3 heterocycles. The van der Waals surface area contributed by atoms with Crippen LogP contribution in [-0.2, 0) is 10.8 Å². The predicted molar refractivity (Wildman–Crippen MR) is 343 cm³/mol. The number of para-hydroxylation sites is 6. The second kappa shape index (κ2) is 17.2. The largest absolute Gasteiger partial charge is 0.455 e. The molecule has 0 aliphatic heterocycles. The van der Waals surface area contributed by atoms with Crippen molar-refractivity contribution in [3.63, 3.8) is 0 Å². The second-order valence-corrected chi connectivity index (χ2v) is 23.7. The first kappa shape index (κ1) is 46.7. The van der Waals surface area contributed by atoms with Crippen LogP contribution >= 0.6 is 0 Å². The van der Waals surface area contributed by atoms with Crippen molar-refractivity contribution in [3.8, 4) is 55.9 Å². The van der Waals surface area contributed by atoms with Crippen LogP contribution in [0.25, 0.3) is 121 Å². The standard InChI is InChI=1S/C78H55N3O/c1-77(2)67-43-50(33-40-59(67)65-46-66-62-21-10-14-27-73(62)80(74(66)47-70(65)77)51-17-6-5-7-18-51)48-29-34-52(35-30-48)79(53-36-31-49(32-37-53)56-23-16-24-64-63-22-11-15-28-75(63)82-76(56)64)54-38-41-57-58-42-39-55(45-69(58)78(3,4)68(57)44-54)81-71-25-12-8-19-60(71)61-20-9-13-26-72(61)81/h5-47H,1-4H3. The van der Waals surface area contributed by atoms with E-state index in [0.717, 1.165) is 50.1 Å². The zero-order valence-corrected chi connectivity index (χ0v) is 46.1. The normalized spacial score (nSPS) is 13.8. The van der Waals surface area contributed by atoms with Gasteiger partial charge in [-0.25, -0.2) is 0 Å². The van der Waals surface area contributed by atoms with Crippen LogP contribution in [0.5, 0.6) is 0 Å². The lowest BCUT2D eigenvalue weighted by Crippen LogP contribution is -2.17. The first-order chi connectivity index (χ1) is 40.2. The van der Waals surface area contributed by atoms with E-state index in [2.05, 4.69) is 297 Å². The van der Waals surface area contributed by atoms with Gasteiger partial charge in [-0.2, -0.15) is 0 Å². The monoisotopic (exact) mass is 1050 g/mol. The molecule has 15 aromatic rings. The van der Waals surface area contributed by atoms with Gasteiger partial charge in [0.2, 0.25) is 0 Å². The summed E-state index contributed by atoms with van der Waals surface area (Å²) >= 11 is 0. The van der Waals surface area contributed by atoms with Crippen LogP contribution in [0.4, 0.5) is 17.1 Å². The van der Waals surface area contributed by atoms with Gasteiger partial charge in [0.05, 0.1) is 22.1 Å². The Morgan fingerprint density at radius 2 is 0.780 bits per heavy atom. The molecule has 0 bridgehead atoms. The average Bonchev–Trinajstić information content (AvgIpc) is 3.64. The van der Waals surface area contributed by atoms with Crippen molar-refractivity contribution >= 4 is 82.6 Å². The molecule has 0 atom stereocenters. The van der Waals surface area contributed by atoms with Gasteiger partial charge in [-0.15, -0.1) is 0 Å². The Morgan fingerprint density at radius 1 is 0.293 bits per heavy atom. The number of anilines is 3. The quantitative estimate of drug-likeness (QED) is 0.159. The Labute approximate surface area is 476 Å². The molecule has 0 saturated carbocycles. The third-order valence-electron chi connectivity index (χ3n) is 18.5. The van der Waals surface area contributed by atoms with Crippen LogP contribution in [0.2, 0.25) is 0 Å². The van der Waals surface area contributed by atoms with Gasteiger partial charge in [-0.3, -0.25) is 0 Å². The fourth-order valence-corrected chi connectivity index (χ4v) is 14.4. The highest BCUT2D eigenvalue weighted by molar-refractivity contribution is 6.13. The van der Waals surface area contributed by atoms with Crippen LogP contribution in [0, 0.1) is 0 Å². The number of rotatable bonds is 7. The number of furan rings is 1. The summed E-state index contributed by atoms with van der Waals surface area (Å²) in [5.41, 5.74) is 27.1. The van der Waals surface area contributed by atoms with E-state index < -0.39 is 0 Å². The van der Waals surface area contributed by atoms with E-state index in [-0.39, 0.29) is 10.8 Å². The third kappa shape index (κ3) is 6.66. The molecule has 0 saturated heterocycles. The third-order valence-corrected chi connectivity index (χ3v) is 18.5. The van der Waals surface area contributed by atoms with Crippen molar-refractivity contribution in [2.75, 3.05) is 4.90 Å². The second-order valence-electron chi connectivity index (χ2n) is 23.7. The Kier molecular flexibility index (Phi) is 9.79. The van der Waals surface area contributed by atoms with Crippen molar-refractivity contribution in [3.05, 3.63) is 283 Å². The van der Waals surface area contributed by atoms with Crippen LogP contribution in [0.3, 0.4) is 0 Å². The van der Waals surface area contributed by atoms with Gasteiger partial charge in [0.15, 0.2) is 0 Å². The molecule has 17 rings (SSSR count). The molecule has 0 unspecified atom stereocenters. The molecule has 3 aromatic heterocycles. The maximum absolute atomic E-state index is 6.54. The highest BCUT2D eigenvalue weighted by Crippen LogP contribution is 2.54. The molecule has 0 spiro atoms. The molecular weight excluding hydrogens is 995 g/mol. The Balaban J connectivity index is 0.759. The summed E-state index contributed by atoms with van der Waals surface area (Å²) in [5.74, 6) is 0. The maximum atomic E-state index is 6.54. The Bertz CT molecular complexity index is 5090. The van der Waals surface area contributed by atoms with Gasteiger partial charge in [0.25, 0.3) is 0 Å². The van der Waals surface area contributed by atoms with Crippen molar-refractivity contribution in [1.29, 1.82) is 0 Å². The van der Waals surface area contributed by atoms with Gasteiger partial charge < -0.3 is 18.5 Å². The smallest absolute Gasteiger partial charge is 0.143 e. The fourth-order valence-electron chi connectivity index (χ4n) is 14.4. The molecule has 0 radical (unpaired) electrons. The topological polar surface area (TPSA) is 26.2 Å². The van der Waals surface area contributed by atoms with Gasteiger partial charge in [-0.1, -0.05) is 185 Å². The molecule has 2 aliphatic carbocycles. The molecular formula is C78H55N3O. The summed E-state index contributed by atoms with van der Waals surface area (Å²) in [6, 6.07) is 96.5. The van der Waals surface area contributed by atoms with E-state index in [1.807, 2.05) is 6.07 Å². The van der Waals surface area contributed by atoms with Crippen molar-refractivity contribution < 1.29 is 4.42 Å². The molecule has 0 N–H and O–H groups in total. The molecule has 0 amide bonds. The van der Waals surface area contributed by atoms with E-state index in [9.17, 15) is 0 Å². The van der Waals surface area contributed by atoms with Crippen molar-refractivity contribution in [2.45, 2.75) is 38.5 Å². The lowest BCUT2D eigenvalue weighted by atomic mass is 9.81.